The van der Waals surface area contributed by atoms with Crippen molar-refractivity contribution in [1.82, 2.24) is 9.78 Å². The van der Waals surface area contributed by atoms with Crippen LogP contribution >= 0.6 is 0 Å². The standard InChI is InChI=1S/C16H21N3O2/c1-9(2)19-11(4)15(10(3)18-19)17-16(20)13-8-12(13)14-6-5-7-21-14/h5-7,9,12-13H,8H2,1-4H3,(H,17,20)/t12-,13+/m1/s1. The third-order valence-corrected chi connectivity index (χ3v) is 4.10. The first kappa shape index (κ1) is 13.9. The van der Waals surface area contributed by atoms with E-state index in [0.29, 0.717) is 0 Å². The molecule has 1 N–H and O–H groups in total. The molecule has 0 bridgehead atoms. The molecule has 0 saturated heterocycles. The maximum atomic E-state index is 12.4. The topological polar surface area (TPSA) is 60.1 Å². The molecular weight excluding hydrogens is 266 g/mol. The van der Waals surface area contributed by atoms with Crippen LogP contribution in [0.5, 0.6) is 0 Å². The number of aromatic nitrogens is 2. The summed E-state index contributed by atoms with van der Waals surface area (Å²) in [6, 6.07) is 4.08. The van der Waals surface area contributed by atoms with Gasteiger partial charge in [-0.2, -0.15) is 5.10 Å². The minimum atomic E-state index is 0.0114. The van der Waals surface area contributed by atoms with E-state index in [9.17, 15) is 4.79 Å². The molecule has 2 heterocycles. The Morgan fingerprint density at radius 1 is 1.48 bits per heavy atom. The smallest absolute Gasteiger partial charge is 0.228 e. The Balaban J connectivity index is 1.72. The van der Waals surface area contributed by atoms with Gasteiger partial charge in [0.25, 0.3) is 0 Å². The molecule has 0 spiro atoms. The lowest BCUT2D eigenvalue weighted by Crippen LogP contribution is -2.16. The average Bonchev–Trinajstić information content (AvgIpc) is 2.95. The van der Waals surface area contributed by atoms with E-state index in [1.54, 1.807) is 6.26 Å². The normalized spacial score (nSPS) is 20.8. The molecule has 1 aliphatic rings. The van der Waals surface area contributed by atoms with Crippen LogP contribution in [0.2, 0.25) is 0 Å². The molecule has 1 saturated carbocycles. The van der Waals surface area contributed by atoms with Crippen molar-refractivity contribution >= 4 is 11.6 Å². The minimum Gasteiger partial charge on any atom is -0.469 e. The number of carbonyl (C=O) groups excluding carboxylic acids is 1. The Morgan fingerprint density at radius 3 is 2.81 bits per heavy atom. The lowest BCUT2D eigenvalue weighted by Gasteiger charge is -2.09. The molecule has 0 radical (unpaired) electrons. The molecule has 2 aromatic rings. The highest BCUT2D eigenvalue weighted by Crippen LogP contribution is 2.48. The number of furan rings is 1. The fourth-order valence-corrected chi connectivity index (χ4v) is 2.86. The molecule has 5 heteroatoms. The third-order valence-electron chi connectivity index (χ3n) is 4.10. The molecule has 0 aliphatic heterocycles. The first-order chi connectivity index (χ1) is 9.99. The molecule has 1 amide bonds. The van der Waals surface area contributed by atoms with Crippen molar-refractivity contribution in [3.05, 3.63) is 35.5 Å². The Kier molecular flexibility index (Phi) is 3.35. The number of aryl methyl sites for hydroxylation is 1. The zero-order valence-electron chi connectivity index (χ0n) is 12.9. The molecule has 3 rings (SSSR count). The fourth-order valence-electron chi connectivity index (χ4n) is 2.86. The quantitative estimate of drug-likeness (QED) is 0.937. The first-order valence-corrected chi connectivity index (χ1v) is 7.39. The Hall–Kier alpha value is -2.04. The summed E-state index contributed by atoms with van der Waals surface area (Å²) in [6.07, 6.45) is 2.51. The summed E-state index contributed by atoms with van der Waals surface area (Å²) in [5.41, 5.74) is 2.72. The zero-order valence-corrected chi connectivity index (χ0v) is 12.9. The lowest BCUT2D eigenvalue weighted by molar-refractivity contribution is -0.117. The van der Waals surface area contributed by atoms with E-state index in [1.807, 2.05) is 30.7 Å². The number of hydrogen-bond donors (Lipinski definition) is 1. The van der Waals surface area contributed by atoms with Crippen molar-refractivity contribution in [2.45, 2.75) is 46.1 Å². The predicted octanol–water partition coefficient (Wildman–Crippen LogP) is 3.42. The molecule has 21 heavy (non-hydrogen) atoms. The first-order valence-electron chi connectivity index (χ1n) is 7.39. The van der Waals surface area contributed by atoms with E-state index in [-0.39, 0.29) is 23.8 Å². The van der Waals surface area contributed by atoms with Gasteiger partial charge in [-0.15, -0.1) is 0 Å². The van der Waals surface area contributed by atoms with Crippen molar-refractivity contribution < 1.29 is 9.21 Å². The summed E-state index contributed by atoms with van der Waals surface area (Å²) in [6.45, 7) is 8.09. The van der Waals surface area contributed by atoms with Crippen molar-refractivity contribution in [1.29, 1.82) is 0 Å². The van der Waals surface area contributed by atoms with Gasteiger partial charge in [-0.3, -0.25) is 9.48 Å². The van der Waals surface area contributed by atoms with E-state index in [4.69, 9.17) is 4.42 Å². The molecule has 2 aromatic heterocycles. The lowest BCUT2D eigenvalue weighted by atomic mass is 10.2. The molecule has 1 aliphatic carbocycles. The van der Waals surface area contributed by atoms with Crippen LogP contribution in [0.25, 0.3) is 0 Å². The van der Waals surface area contributed by atoms with E-state index in [0.717, 1.165) is 29.3 Å². The number of nitrogens with zero attached hydrogens (tertiary/aromatic N) is 2. The van der Waals surface area contributed by atoms with Crippen molar-refractivity contribution in [2.75, 3.05) is 5.32 Å². The summed E-state index contributed by atoms with van der Waals surface area (Å²) >= 11 is 0. The molecule has 1 fully saturated rings. The van der Waals surface area contributed by atoms with Crippen LogP contribution < -0.4 is 5.32 Å². The maximum Gasteiger partial charge on any atom is 0.228 e. The van der Waals surface area contributed by atoms with Crippen LogP contribution in [0, 0.1) is 19.8 Å². The van der Waals surface area contributed by atoms with Crippen LogP contribution in [0.1, 0.15) is 49.4 Å². The summed E-state index contributed by atoms with van der Waals surface area (Å²) < 4.78 is 7.32. The Bertz CT molecular complexity index is 655. The van der Waals surface area contributed by atoms with Gasteiger partial charge in [-0.25, -0.2) is 0 Å². The van der Waals surface area contributed by atoms with E-state index < -0.39 is 0 Å². The molecule has 0 unspecified atom stereocenters. The average molecular weight is 287 g/mol. The van der Waals surface area contributed by atoms with Gasteiger partial charge in [-0.05, 0) is 46.2 Å². The largest absolute Gasteiger partial charge is 0.469 e. The summed E-state index contributed by atoms with van der Waals surface area (Å²) in [5.74, 6) is 1.20. The van der Waals surface area contributed by atoms with Crippen LogP contribution in [0.15, 0.2) is 22.8 Å². The van der Waals surface area contributed by atoms with Gasteiger partial charge in [0.05, 0.1) is 23.3 Å². The second-order valence-electron chi connectivity index (χ2n) is 6.04. The molecule has 5 nitrogen and oxygen atoms in total. The van der Waals surface area contributed by atoms with E-state index in [1.165, 1.54) is 0 Å². The highest BCUT2D eigenvalue weighted by atomic mass is 16.3. The van der Waals surface area contributed by atoms with Gasteiger partial charge in [0.15, 0.2) is 0 Å². The number of carbonyl (C=O) groups is 1. The highest BCUT2D eigenvalue weighted by molar-refractivity contribution is 5.96. The molecular formula is C16H21N3O2. The SMILES string of the molecule is Cc1nn(C(C)C)c(C)c1NC(=O)[C@H]1C[C@H]1c1ccco1. The van der Waals surface area contributed by atoms with Gasteiger partial charge in [0.2, 0.25) is 5.91 Å². The molecule has 112 valence electrons. The molecule has 0 aromatic carbocycles. The monoisotopic (exact) mass is 287 g/mol. The fraction of sp³-hybridized carbons (Fsp3) is 0.500. The predicted molar refractivity (Wildman–Crippen MR) is 80.3 cm³/mol. The Morgan fingerprint density at radius 2 is 2.24 bits per heavy atom. The van der Waals surface area contributed by atoms with Crippen LogP contribution in [-0.4, -0.2) is 15.7 Å². The highest BCUT2D eigenvalue weighted by Gasteiger charge is 2.46. The van der Waals surface area contributed by atoms with Gasteiger partial charge < -0.3 is 9.73 Å². The van der Waals surface area contributed by atoms with E-state index >= 15 is 0 Å². The number of rotatable bonds is 4. The summed E-state index contributed by atoms with van der Waals surface area (Å²) in [4.78, 5) is 12.4. The second kappa shape index (κ2) is 5.06. The van der Waals surface area contributed by atoms with Crippen LogP contribution in [0.4, 0.5) is 5.69 Å². The van der Waals surface area contributed by atoms with Crippen molar-refractivity contribution in [2.24, 2.45) is 5.92 Å². The summed E-state index contributed by atoms with van der Waals surface area (Å²) in [5, 5.41) is 7.54. The van der Waals surface area contributed by atoms with Gasteiger partial charge >= 0.3 is 0 Å². The molecule has 2 atom stereocenters. The Labute approximate surface area is 124 Å². The van der Waals surface area contributed by atoms with E-state index in [2.05, 4.69) is 24.3 Å². The minimum absolute atomic E-state index is 0.0114. The summed E-state index contributed by atoms with van der Waals surface area (Å²) in [7, 11) is 0. The van der Waals surface area contributed by atoms with Gasteiger partial charge in [0.1, 0.15) is 5.76 Å². The number of amides is 1. The van der Waals surface area contributed by atoms with Crippen LogP contribution in [0.3, 0.4) is 0 Å². The maximum absolute atomic E-state index is 12.4. The second-order valence-corrected chi connectivity index (χ2v) is 6.04. The van der Waals surface area contributed by atoms with Crippen molar-refractivity contribution in [3.63, 3.8) is 0 Å². The van der Waals surface area contributed by atoms with Gasteiger partial charge in [-0.1, -0.05) is 0 Å². The third kappa shape index (κ3) is 2.48. The number of nitrogens with one attached hydrogen (secondary N) is 1. The van der Waals surface area contributed by atoms with Crippen LogP contribution in [-0.2, 0) is 4.79 Å². The van der Waals surface area contributed by atoms with Crippen molar-refractivity contribution in [3.8, 4) is 0 Å². The number of hydrogen-bond acceptors (Lipinski definition) is 3. The zero-order chi connectivity index (χ0) is 15.1. The number of anilines is 1. The van der Waals surface area contributed by atoms with Gasteiger partial charge in [0, 0.05) is 17.9 Å².